The minimum absolute atomic E-state index is 0.898. The van der Waals surface area contributed by atoms with Crippen LogP contribution in [0.2, 0.25) is 0 Å². The molecule has 4 aromatic rings. The molecular weight excluding hydrogens is 236 g/mol. The van der Waals surface area contributed by atoms with Gasteiger partial charge in [-0.05, 0) is 18.2 Å². The molecule has 3 aromatic heterocycles. The maximum Gasteiger partial charge on any atom is 0.382 e. The highest BCUT2D eigenvalue weighted by Gasteiger charge is 2.34. The lowest BCUT2D eigenvalue weighted by Crippen LogP contribution is -2.30. The Morgan fingerprint density at radius 2 is 1.95 bits per heavy atom. The second-order valence-corrected chi connectivity index (χ2v) is 4.99. The predicted octanol–water partition coefficient (Wildman–Crippen LogP) is 3.00. The fraction of sp³-hybridized carbons (Fsp3) is 0.0625. The second kappa shape index (κ2) is 3.06. The second-order valence-electron chi connectivity index (χ2n) is 4.99. The average Bonchev–Trinajstić information content (AvgIpc) is 3.07. The number of nitrogens with zero attached hydrogens (tertiary/aromatic N) is 2. The van der Waals surface area contributed by atoms with Crippen LogP contribution in [0.15, 0.2) is 59.3 Å². The monoisotopic (exact) mass is 247 g/mol. The fourth-order valence-corrected chi connectivity index (χ4v) is 3.04. The summed E-state index contributed by atoms with van der Waals surface area (Å²) in [7, 11) is 0. The zero-order valence-corrected chi connectivity index (χ0v) is 10.2. The largest absolute Gasteiger partial charge is 0.395 e. The molecule has 0 radical (unpaired) electrons. The standard InChI is InChI=1S/C16H11N2O/c1-2-6-12-11(5-1)9-18-14-10-17-8-4-3-7-13(17)15(14)19-16(12)18/h1-8,10H,9H2/q+1. The molecule has 0 unspecified atom stereocenters. The summed E-state index contributed by atoms with van der Waals surface area (Å²) in [5.74, 6) is 0.979. The molecule has 19 heavy (non-hydrogen) atoms. The van der Waals surface area contributed by atoms with Crippen LogP contribution in [-0.2, 0) is 6.54 Å². The van der Waals surface area contributed by atoms with Crippen LogP contribution in [0.25, 0.3) is 28.1 Å². The molecule has 0 saturated heterocycles. The zero-order valence-electron chi connectivity index (χ0n) is 10.2. The van der Waals surface area contributed by atoms with Gasteiger partial charge in [0.1, 0.15) is 0 Å². The first-order valence-corrected chi connectivity index (χ1v) is 6.42. The normalized spacial score (nSPS) is 13.1. The van der Waals surface area contributed by atoms with Crippen molar-refractivity contribution in [3.8, 4) is 11.5 Å². The Labute approximate surface area is 109 Å². The molecule has 0 atom stereocenters. The number of oxazole rings is 1. The van der Waals surface area contributed by atoms with Crippen LogP contribution in [0.3, 0.4) is 0 Å². The minimum atomic E-state index is 0.898. The summed E-state index contributed by atoms with van der Waals surface area (Å²) in [6.45, 7) is 0.898. The number of hydrogen-bond acceptors (Lipinski definition) is 1. The van der Waals surface area contributed by atoms with Crippen molar-refractivity contribution in [2.24, 2.45) is 0 Å². The van der Waals surface area contributed by atoms with E-state index < -0.39 is 0 Å². The van der Waals surface area contributed by atoms with E-state index in [9.17, 15) is 0 Å². The van der Waals surface area contributed by atoms with E-state index in [4.69, 9.17) is 4.42 Å². The summed E-state index contributed by atoms with van der Waals surface area (Å²) in [5.41, 5.74) is 5.81. The molecule has 0 N–H and O–H groups in total. The van der Waals surface area contributed by atoms with Gasteiger partial charge in [0.25, 0.3) is 5.52 Å². The summed E-state index contributed by atoms with van der Waals surface area (Å²) in [6, 6.07) is 14.6. The van der Waals surface area contributed by atoms with Crippen molar-refractivity contribution >= 4 is 16.6 Å². The molecule has 0 aliphatic carbocycles. The van der Waals surface area contributed by atoms with E-state index in [1.807, 2.05) is 12.1 Å². The van der Waals surface area contributed by atoms with Crippen LogP contribution < -0.4 is 4.57 Å². The Bertz CT molecular complexity index is 946. The first kappa shape index (κ1) is 9.39. The molecule has 0 spiro atoms. The average molecular weight is 247 g/mol. The van der Waals surface area contributed by atoms with Crippen LogP contribution in [-0.4, -0.2) is 4.40 Å². The van der Waals surface area contributed by atoms with Gasteiger partial charge in [0.05, 0.1) is 17.3 Å². The van der Waals surface area contributed by atoms with Gasteiger partial charge >= 0.3 is 5.89 Å². The van der Waals surface area contributed by atoms with Gasteiger partial charge in [-0.2, -0.15) is 4.57 Å². The smallest absolute Gasteiger partial charge is 0.382 e. The van der Waals surface area contributed by atoms with E-state index in [0.717, 1.165) is 29.1 Å². The Hall–Kier alpha value is -2.55. The van der Waals surface area contributed by atoms with Crippen molar-refractivity contribution in [1.29, 1.82) is 0 Å². The van der Waals surface area contributed by atoms with Crippen molar-refractivity contribution in [2.75, 3.05) is 0 Å². The molecule has 90 valence electrons. The Kier molecular flexibility index (Phi) is 1.51. The van der Waals surface area contributed by atoms with Crippen LogP contribution in [0.5, 0.6) is 0 Å². The molecule has 3 heteroatoms. The molecule has 0 saturated carbocycles. The molecular formula is C16H11N2O+. The quantitative estimate of drug-likeness (QED) is 0.385. The van der Waals surface area contributed by atoms with Crippen molar-refractivity contribution in [2.45, 2.75) is 6.54 Å². The third-order valence-corrected chi connectivity index (χ3v) is 3.93. The Balaban J connectivity index is 1.93. The molecule has 0 bridgehead atoms. The lowest BCUT2D eigenvalue weighted by molar-refractivity contribution is -0.649. The summed E-state index contributed by atoms with van der Waals surface area (Å²) in [6.07, 6.45) is 4.20. The summed E-state index contributed by atoms with van der Waals surface area (Å²) < 4.78 is 10.5. The van der Waals surface area contributed by atoms with E-state index in [-0.39, 0.29) is 0 Å². The van der Waals surface area contributed by atoms with Gasteiger partial charge in [0.2, 0.25) is 5.58 Å². The predicted molar refractivity (Wildman–Crippen MR) is 71.9 cm³/mol. The molecule has 1 aliphatic heterocycles. The van der Waals surface area contributed by atoms with Gasteiger partial charge < -0.3 is 8.82 Å². The zero-order chi connectivity index (χ0) is 12.4. The number of benzene rings is 1. The van der Waals surface area contributed by atoms with Crippen LogP contribution in [0, 0.1) is 0 Å². The number of hydrogen-bond donors (Lipinski definition) is 0. The van der Waals surface area contributed by atoms with Crippen LogP contribution >= 0.6 is 0 Å². The minimum Gasteiger partial charge on any atom is -0.395 e. The van der Waals surface area contributed by atoms with Gasteiger partial charge in [0.15, 0.2) is 6.54 Å². The van der Waals surface area contributed by atoms with Crippen molar-refractivity contribution in [3.05, 3.63) is 60.4 Å². The van der Waals surface area contributed by atoms with Crippen LogP contribution in [0.1, 0.15) is 5.56 Å². The molecule has 4 heterocycles. The third kappa shape index (κ3) is 1.06. The third-order valence-electron chi connectivity index (χ3n) is 3.93. The molecule has 1 aliphatic rings. The van der Waals surface area contributed by atoms with Crippen molar-refractivity contribution in [3.63, 3.8) is 0 Å². The van der Waals surface area contributed by atoms with Crippen molar-refractivity contribution < 1.29 is 8.98 Å². The summed E-state index contributed by atoms with van der Waals surface area (Å²) >= 11 is 0. The lowest BCUT2D eigenvalue weighted by atomic mass is 10.1. The topological polar surface area (TPSA) is 21.4 Å². The van der Waals surface area contributed by atoms with Gasteiger partial charge in [0, 0.05) is 11.8 Å². The summed E-state index contributed by atoms with van der Waals surface area (Å²) in [5, 5.41) is 0. The molecule has 0 fully saturated rings. The Morgan fingerprint density at radius 3 is 2.95 bits per heavy atom. The van der Waals surface area contributed by atoms with Gasteiger partial charge in [-0.3, -0.25) is 0 Å². The number of aromatic nitrogens is 2. The van der Waals surface area contributed by atoms with E-state index >= 15 is 0 Å². The molecule has 5 rings (SSSR count). The first-order valence-electron chi connectivity index (χ1n) is 6.42. The molecule has 3 nitrogen and oxygen atoms in total. The van der Waals surface area contributed by atoms with Crippen LogP contribution in [0.4, 0.5) is 0 Å². The van der Waals surface area contributed by atoms with E-state index in [1.165, 1.54) is 11.1 Å². The fourth-order valence-electron chi connectivity index (χ4n) is 3.04. The SMILES string of the molecule is c1ccc2c(c1)C[n+]1c-2oc2c3ccccn3cc21. The van der Waals surface area contributed by atoms with Gasteiger partial charge in [-0.15, -0.1) is 0 Å². The van der Waals surface area contributed by atoms with Crippen molar-refractivity contribution in [1.82, 2.24) is 4.40 Å². The highest BCUT2D eigenvalue weighted by Crippen LogP contribution is 2.32. The Morgan fingerprint density at radius 1 is 1.05 bits per heavy atom. The first-order chi connectivity index (χ1) is 9.42. The molecule has 1 aromatic carbocycles. The number of rotatable bonds is 0. The van der Waals surface area contributed by atoms with E-state index in [1.54, 1.807) is 0 Å². The number of pyridine rings is 1. The van der Waals surface area contributed by atoms with Gasteiger partial charge in [-0.1, -0.05) is 24.3 Å². The maximum atomic E-state index is 6.13. The highest BCUT2D eigenvalue weighted by molar-refractivity contribution is 5.89. The lowest BCUT2D eigenvalue weighted by Gasteiger charge is -1.90. The summed E-state index contributed by atoms with van der Waals surface area (Å²) in [4.78, 5) is 0. The number of fused-ring (bicyclic) bond motifs is 7. The van der Waals surface area contributed by atoms with E-state index in [0.29, 0.717) is 0 Å². The highest BCUT2D eigenvalue weighted by atomic mass is 16.4. The van der Waals surface area contributed by atoms with E-state index in [2.05, 4.69) is 51.7 Å². The molecule has 0 amide bonds. The maximum absolute atomic E-state index is 6.13. The van der Waals surface area contributed by atoms with Gasteiger partial charge in [-0.25, -0.2) is 0 Å².